The summed E-state index contributed by atoms with van der Waals surface area (Å²) in [5.41, 5.74) is 0.658. The lowest BCUT2D eigenvalue weighted by molar-refractivity contribution is -0.124. The Hall–Kier alpha value is -2.48. The van der Waals surface area contributed by atoms with Crippen molar-refractivity contribution in [1.29, 1.82) is 5.26 Å². The molecule has 1 amide bonds. The van der Waals surface area contributed by atoms with Crippen LogP contribution in [0.4, 0.5) is 0 Å². The standard InChI is InChI=1S/C14H16N2O3/c1-16(2)14(17)11(9-15)7-10-8-12(18-3)5-6-13(10)19-4/h5-8H,1-4H3/b11-7-. The summed E-state index contributed by atoms with van der Waals surface area (Å²) in [6, 6.07) is 7.07. The highest BCUT2D eigenvalue weighted by Crippen LogP contribution is 2.26. The van der Waals surface area contributed by atoms with Gasteiger partial charge in [-0.2, -0.15) is 5.26 Å². The summed E-state index contributed by atoms with van der Waals surface area (Å²) in [5, 5.41) is 9.06. The third-order valence-electron chi connectivity index (χ3n) is 2.49. The van der Waals surface area contributed by atoms with Crippen LogP contribution in [-0.2, 0) is 4.79 Å². The zero-order valence-electron chi connectivity index (χ0n) is 11.4. The largest absolute Gasteiger partial charge is 0.497 e. The molecule has 0 aliphatic carbocycles. The summed E-state index contributed by atoms with van der Waals surface area (Å²) < 4.78 is 10.3. The lowest BCUT2D eigenvalue weighted by Crippen LogP contribution is -2.22. The second-order valence-electron chi connectivity index (χ2n) is 3.98. The molecule has 0 aromatic heterocycles. The van der Waals surface area contributed by atoms with Crippen molar-refractivity contribution in [3.05, 3.63) is 29.3 Å². The number of nitrogens with zero attached hydrogens (tertiary/aromatic N) is 2. The Balaban J connectivity index is 3.28. The molecule has 1 aromatic rings. The first-order chi connectivity index (χ1) is 9.03. The van der Waals surface area contributed by atoms with E-state index in [1.165, 1.54) is 18.1 Å². The molecule has 0 aliphatic heterocycles. The van der Waals surface area contributed by atoms with Crippen LogP contribution < -0.4 is 9.47 Å². The molecular weight excluding hydrogens is 244 g/mol. The van der Waals surface area contributed by atoms with E-state index in [0.717, 1.165) is 0 Å². The minimum absolute atomic E-state index is 0.0385. The lowest BCUT2D eigenvalue weighted by atomic mass is 10.1. The van der Waals surface area contributed by atoms with Gasteiger partial charge in [0.2, 0.25) is 0 Å². The number of methoxy groups -OCH3 is 2. The summed E-state index contributed by atoms with van der Waals surface area (Å²) in [6.45, 7) is 0. The van der Waals surface area contributed by atoms with Crippen LogP contribution in [0.15, 0.2) is 23.8 Å². The van der Waals surface area contributed by atoms with E-state index in [1.54, 1.807) is 39.4 Å². The van der Waals surface area contributed by atoms with Gasteiger partial charge in [0.25, 0.3) is 5.91 Å². The number of hydrogen-bond acceptors (Lipinski definition) is 4. The number of benzene rings is 1. The molecule has 0 radical (unpaired) electrons. The van der Waals surface area contributed by atoms with Gasteiger partial charge in [0.1, 0.15) is 23.1 Å². The third kappa shape index (κ3) is 3.49. The Morgan fingerprint density at radius 2 is 2.00 bits per heavy atom. The number of carbonyl (C=O) groups excluding carboxylic acids is 1. The SMILES string of the molecule is COc1ccc(OC)c(/C=C(/C#N)C(=O)N(C)C)c1. The van der Waals surface area contributed by atoms with Gasteiger partial charge in [-0.05, 0) is 24.3 Å². The quantitative estimate of drug-likeness (QED) is 0.610. The molecule has 5 nitrogen and oxygen atoms in total. The van der Waals surface area contributed by atoms with Crippen LogP contribution in [0.3, 0.4) is 0 Å². The predicted molar refractivity (Wildman–Crippen MR) is 71.8 cm³/mol. The van der Waals surface area contributed by atoms with Crippen LogP contribution in [0.2, 0.25) is 0 Å². The highest BCUT2D eigenvalue weighted by atomic mass is 16.5. The van der Waals surface area contributed by atoms with Crippen LogP contribution in [0.5, 0.6) is 11.5 Å². The normalized spacial score (nSPS) is 10.6. The molecule has 0 unspecified atom stereocenters. The number of nitriles is 1. The molecule has 0 saturated carbocycles. The van der Waals surface area contributed by atoms with E-state index in [4.69, 9.17) is 14.7 Å². The number of ether oxygens (including phenoxy) is 2. The Bertz CT molecular complexity index is 542. The average Bonchev–Trinajstić information content (AvgIpc) is 2.43. The highest BCUT2D eigenvalue weighted by Gasteiger charge is 2.13. The van der Waals surface area contributed by atoms with Crippen molar-refractivity contribution in [2.24, 2.45) is 0 Å². The molecule has 0 N–H and O–H groups in total. The second kappa shape index (κ2) is 6.45. The van der Waals surface area contributed by atoms with Crippen molar-refractivity contribution in [3.8, 4) is 17.6 Å². The molecule has 0 aliphatic rings. The highest BCUT2D eigenvalue weighted by molar-refractivity contribution is 6.01. The topological polar surface area (TPSA) is 62.6 Å². The van der Waals surface area contributed by atoms with Gasteiger partial charge in [-0.25, -0.2) is 0 Å². The van der Waals surface area contributed by atoms with Crippen molar-refractivity contribution in [2.75, 3.05) is 28.3 Å². The molecule has 0 bridgehead atoms. The van der Waals surface area contributed by atoms with Crippen molar-refractivity contribution in [1.82, 2.24) is 4.90 Å². The van der Waals surface area contributed by atoms with Crippen LogP contribution in [-0.4, -0.2) is 39.1 Å². The number of rotatable bonds is 4. The minimum Gasteiger partial charge on any atom is -0.497 e. The van der Waals surface area contributed by atoms with Gasteiger partial charge in [0, 0.05) is 19.7 Å². The van der Waals surface area contributed by atoms with Gasteiger partial charge in [-0.1, -0.05) is 0 Å². The van der Waals surface area contributed by atoms with Gasteiger partial charge in [0.05, 0.1) is 14.2 Å². The van der Waals surface area contributed by atoms with Crippen LogP contribution >= 0.6 is 0 Å². The molecule has 0 saturated heterocycles. The van der Waals surface area contributed by atoms with Crippen molar-refractivity contribution in [3.63, 3.8) is 0 Å². The molecule has 1 rings (SSSR count). The fraction of sp³-hybridized carbons (Fsp3) is 0.286. The zero-order chi connectivity index (χ0) is 14.4. The Morgan fingerprint density at radius 3 is 2.47 bits per heavy atom. The maximum Gasteiger partial charge on any atom is 0.264 e. The van der Waals surface area contributed by atoms with E-state index in [0.29, 0.717) is 17.1 Å². The van der Waals surface area contributed by atoms with E-state index in [1.807, 2.05) is 6.07 Å². The van der Waals surface area contributed by atoms with E-state index in [9.17, 15) is 4.79 Å². The van der Waals surface area contributed by atoms with Crippen molar-refractivity contribution in [2.45, 2.75) is 0 Å². The summed E-state index contributed by atoms with van der Waals surface area (Å²) in [5.74, 6) is 0.842. The summed E-state index contributed by atoms with van der Waals surface area (Å²) in [7, 11) is 6.26. The summed E-state index contributed by atoms with van der Waals surface area (Å²) >= 11 is 0. The smallest absolute Gasteiger partial charge is 0.264 e. The molecule has 5 heteroatoms. The molecule has 0 atom stereocenters. The van der Waals surface area contributed by atoms with Crippen molar-refractivity contribution >= 4 is 12.0 Å². The Labute approximate surface area is 112 Å². The molecule has 19 heavy (non-hydrogen) atoms. The minimum atomic E-state index is -0.354. The third-order valence-corrected chi connectivity index (χ3v) is 2.49. The van der Waals surface area contributed by atoms with E-state index in [-0.39, 0.29) is 11.5 Å². The fourth-order valence-electron chi connectivity index (χ4n) is 1.49. The first-order valence-electron chi connectivity index (χ1n) is 5.59. The first kappa shape index (κ1) is 14.6. The molecule has 100 valence electrons. The molecule has 1 aromatic carbocycles. The molecule has 0 heterocycles. The number of carbonyl (C=O) groups is 1. The maximum atomic E-state index is 11.8. The van der Waals surface area contributed by atoms with E-state index < -0.39 is 0 Å². The molecular formula is C14H16N2O3. The van der Waals surface area contributed by atoms with E-state index >= 15 is 0 Å². The molecule has 0 fully saturated rings. The Kier molecular flexibility index (Phi) is 4.95. The number of amides is 1. The molecule has 0 spiro atoms. The summed E-state index contributed by atoms with van der Waals surface area (Å²) in [6.07, 6.45) is 1.49. The maximum absolute atomic E-state index is 11.8. The summed E-state index contributed by atoms with van der Waals surface area (Å²) in [4.78, 5) is 13.1. The average molecular weight is 260 g/mol. The monoisotopic (exact) mass is 260 g/mol. The van der Waals surface area contributed by atoms with Crippen LogP contribution in [0.25, 0.3) is 6.08 Å². The van der Waals surface area contributed by atoms with E-state index in [2.05, 4.69) is 0 Å². The predicted octanol–water partition coefficient (Wildman–Crippen LogP) is 1.70. The number of likely N-dealkylation sites (N-methyl/N-ethyl adjacent to an activating group) is 1. The van der Waals surface area contributed by atoms with Gasteiger partial charge in [-0.3, -0.25) is 4.79 Å². The fourth-order valence-corrected chi connectivity index (χ4v) is 1.49. The van der Waals surface area contributed by atoms with Crippen LogP contribution in [0.1, 0.15) is 5.56 Å². The van der Waals surface area contributed by atoms with Crippen LogP contribution in [0, 0.1) is 11.3 Å². The second-order valence-corrected chi connectivity index (χ2v) is 3.98. The Morgan fingerprint density at radius 1 is 1.32 bits per heavy atom. The van der Waals surface area contributed by atoms with Gasteiger partial charge in [-0.15, -0.1) is 0 Å². The zero-order valence-corrected chi connectivity index (χ0v) is 11.4. The van der Waals surface area contributed by atoms with Crippen molar-refractivity contribution < 1.29 is 14.3 Å². The van der Waals surface area contributed by atoms with Gasteiger partial charge < -0.3 is 14.4 Å². The van der Waals surface area contributed by atoms with Gasteiger partial charge >= 0.3 is 0 Å². The number of hydrogen-bond donors (Lipinski definition) is 0. The lowest BCUT2D eigenvalue weighted by Gasteiger charge is -2.10. The van der Waals surface area contributed by atoms with Gasteiger partial charge in [0.15, 0.2) is 0 Å². The first-order valence-corrected chi connectivity index (χ1v) is 5.59.